The van der Waals surface area contributed by atoms with Crippen molar-refractivity contribution in [3.63, 3.8) is 0 Å². The fourth-order valence-corrected chi connectivity index (χ4v) is 1.99. The zero-order valence-electron chi connectivity index (χ0n) is 10.2. The highest BCUT2D eigenvalue weighted by Gasteiger charge is 2.13. The van der Waals surface area contributed by atoms with Crippen LogP contribution in [0.3, 0.4) is 0 Å². The van der Waals surface area contributed by atoms with Crippen molar-refractivity contribution < 1.29 is 4.79 Å². The van der Waals surface area contributed by atoms with Crippen molar-refractivity contribution in [3.8, 4) is 0 Å². The summed E-state index contributed by atoms with van der Waals surface area (Å²) in [7, 11) is 1.86. The van der Waals surface area contributed by atoms with Crippen molar-refractivity contribution in [2.24, 2.45) is 5.73 Å². The molecule has 0 aliphatic heterocycles. The summed E-state index contributed by atoms with van der Waals surface area (Å²) in [5.41, 5.74) is 7.18. The molecule has 0 saturated carbocycles. The van der Waals surface area contributed by atoms with Crippen LogP contribution in [0.1, 0.15) is 12.5 Å². The van der Waals surface area contributed by atoms with Crippen molar-refractivity contribution in [1.29, 1.82) is 0 Å². The highest BCUT2D eigenvalue weighted by atomic mass is 35.5. The topological polar surface area (TPSA) is 58.4 Å². The number of halogens is 1. The van der Waals surface area contributed by atoms with Crippen LogP contribution in [-0.2, 0) is 11.3 Å². The van der Waals surface area contributed by atoms with Gasteiger partial charge in [-0.3, -0.25) is 4.79 Å². The van der Waals surface area contributed by atoms with Gasteiger partial charge in [-0.05, 0) is 26.1 Å². The molecular weight excluding hydrogens is 238 g/mol. The third kappa shape index (κ3) is 3.61. The summed E-state index contributed by atoms with van der Waals surface area (Å²) in [6, 6.07) is 5.67. The van der Waals surface area contributed by atoms with Crippen LogP contribution in [0.15, 0.2) is 18.2 Å². The lowest BCUT2D eigenvalue weighted by Crippen LogP contribution is -2.34. The predicted octanol–water partition coefficient (Wildman–Crippen LogP) is 1.37. The molecular formula is C12H18ClN3O. The highest BCUT2D eigenvalue weighted by Crippen LogP contribution is 2.27. The fourth-order valence-electron chi connectivity index (χ4n) is 1.75. The summed E-state index contributed by atoms with van der Waals surface area (Å²) in [5, 5.41) is 3.76. The lowest BCUT2D eigenvalue weighted by molar-refractivity contribution is -0.116. The van der Waals surface area contributed by atoms with Gasteiger partial charge in [0.15, 0.2) is 0 Å². The number of nitrogens with two attached hydrogens (primary N) is 1. The number of nitrogens with zero attached hydrogens (tertiary/aromatic N) is 1. The quantitative estimate of drug-likeness (QED) is 0.807. The Morgan fingerprint density at radius 3 is 2.76 bits per heavy atom. The average Bonchev–Trinajstić information content (AvgIpc) is 2.29. The Kier molecular flexibility index (Phi) is 5.25. The van der Waals surface area contributed by atoms with E-state index in [1.165, 1.54) is 0 Å². The molecule has 4 nitrogen and oxygen atoms in total. The second-order valence-corrected chi connectivity index (χ2v) is 4.16. The van der Waals surface area contributed by atoms with E-state index in [1.54, 1.807) is 0 Å². The summed E-state index contributed by atoms with van der Waals surface area (Å²) in [5.74, 6) is -0.345. The largest absolute Gasteiger partial charge is 0.368 e. The number of carbonyl (C=O) groups is 1. The Balaban J connectivity index is 3.08. The van der Waals surface area contributed by atoms with Crippen molar-refractivity contribution in [1.82, 2.24) is 5.32 Å². The molecule has 17 heavy (non-hydrogen) atoms. The second-order valence-electron chi connectivity index (χ2n) is 3.75. The Morgan fingerprint density at radius 1 is 1.53 bits per heavy atom. The first kappa shape index (κ1) is 13.8. The maximum Gasteiger partial charge on any atom is 0.236 e. The van der Waals surface area contributed by atoms with Gasteiger partial charge in [0.1, 0.15) is 0 Å². The normalized spacial score (nSPS) is 10.3. The van der Waals surface area contributed by atoms with E-state index in [0.29, 0.717) is 18.1 Å². The smallest absolute Gasteiger partial charge is 0.236 e. The molecule has 0 aliphatic carbocycles. The number of hydrogen-bond donors (Lipinski definition) is 2. The van der Waals surface area contributed by atoms with Crippen LogP contribution >= 0.6 is 11.6 Å². The number of primary amides is 1. The van der Waals surface area contributed by atoms with Crippen molar-refractivity contribution in [2.75, 3.05) is 25.0 Å². The first-order chi connectivity index (χ1) is 8.10. The van der Waals surface area contributed by atoms with E-state index in [-0.39, 0.29) is 12.5 Å². The van der Waals surface area contributed by atoms with Crippen LogP contribution < -0.4 is 16.0 Å². The molecule has 1 aromatic carbocycles. The van der Waals surface area contributed by atoms with Crippen molar-refractivity contribution in [2.45, 2.75) is 13.5 Å². The van der Waals surface area contributed by atoms with Gasteiger partial charge in [0, 0.05) is 29.4 Å². The number of benzene rings is 1. The van der Waals surface area contributed by atoms with Gasteiger partial charge in [0.25, 0.3) is 0 Å². The molecule has 1 amide bonds. The zero-order chi connectivity index (χ0) is 12.8. The van der Waals surface area contributed by atoms with Crippen LogP contribution in [0.2, 0.25) is 5.02 Å². The molecule has 3 N–H and O–H groups in total. The first-order valence-corrected chi connectivity index (χ1v) is 5.93. The summed E-state index contributed by atoms with van der Waals surface area (Å²) in [6.07, 6.45) is 0. The zero-order valence-corrected chi connectivity index (χ0v) is 10.9. The summed E-state index contributed by atoms with van der Waals surface area (Å²) >= 11 is 6.16. The highest BCUT2D eigenvalue weighted by molar-refractivity contribution is 6.31. The van der Waals surface area contributed by atoms with Gasteiger partial charge in [-0.1, -0.05) is 17.7 Å². The van der Waals surface area contributed by atoms with Crippen LogP contribution in [0, 0.1) is 0 Å². The first-order valence-electron chi connectivity index (χ1n) is 5.55. The van der Waals surface area contributed by atoms with Gasteiger partial charge in [0.05, 0.1) is 6.54 Å². The SMILES string of the molecule is CCN(CC(N)=O)c1cccc(Cl)c1CNC. The molecule has 0 radical (unpaired) electrons. The minimum atomic E-state index is -0.345. The Hall–Kier alpha value is -1.26. The molecule has 0 bridgehead atoms. The van der Waals surface area contributed by atoms with Crippen LogP contribution in [-0.4, -0.2) is 26.0 Å². The average molecular weight is 256 g/mol. The molecule has 0 spiro atoms. The molecule has 5 heteroatoms. The maximum absolute atomic E-state index is 11.0. The Labute approximate surface area is 107 Å². The van der Waals surface area contributed by atoms with Gasteiger partial charge in [-0.2, -0.15) is 0 Å². The van der Waals surface area contributed by atoms with Crippen LogP contribution in [0.25, 0.3) is 0 Å². The van der Waals surface area contributed by atoms with E-state index in [2.05, 4.69) is 5.32 Å². The minimum Gasteiger partial charge on any atom is -0.368 e. The number of likely N-dealkylation sites (N-methyl/N-ethyl adjacent to an activating group) is 1. The standard InChI is InChI=1S/C12H18ClN3O/c1-3-16(8-12(14)17)11-6-4-5-10(13)9(11)7-15-2/h4-6,15H,3,7-8H2,1-2H3,(H2,14,17). The van der Waals surface area contributed by atoms with E-state index < -0.39 is 0 Å². The molecule has 1 rings (SSSR count). The molecule has 94 valence electrons. The number of hydrogen-bond acceptors (Lipinski definition) is 3. The van der Waals surface area contributed by atoms with Gasteiger partial charge < -0.3 is 16.0 Å². The summed E-state index contributed by atoms with van der Waals surface area (Å²) < 4.78 is 0. The molecule has 0 saturated heterocycles. The molecule has 0 aromatic heterocycles. The molecule has 1 aromatic rings. The van der Waals surface area contributed by atoms with Crippen LogP contribution in [0.5, 0.6) is 0 Å². The van der Waals surface area contributed by atoms with Gasteiger partial charge in [-0.25, -0.2) is 0 Å². The second kappa shape index (κ2) is 6.47. The van der Waals surface area contributed by atoms with Gasteiger partial charge >= 0.3 is 0 Å². The number of amides is 1. The summed E-state index contributed by atoms with van der Waals surface area (Å²) in [6.45, 7) is 3.55. The molecule has 0 atom stereocenters. The lowest BCUT2D eigenvalue weighted by atomic mass is 10.1. The number of anilines is 1. The van der Waals surface area contributed by atoms with E-state index in [1.807, 2.05) is 37.1 Å². The fraction of sp³-hybridized carbons (Fsp3) is 0.417. The van der Waals surface area contributed by atoms with Crippen LogP contribution in [0.4, 0.5) is 5.69 Å². The Morgan fingerprint density at radius 2 is 2.24 bits per heavy atom. The minimum absolute atomic E-state index is 0.202. The molecule has 0 aliphatic rings. The number of nitrogens with one attached hydrogen (secondary N) is 1. The van der Waals surface area contributed by atoms with E-state index in [4.69, 9.17) is 17.3 Å². The predicted molar refractivity (Wildman–Crippen MR) is 71.3 cm³/mol. The van der Waals surface area contributed by atoms with E-state index >= 15 is 0 Å². The molecule has 0 fully saturated rings. The lowest BCUT2D eigenvalue weighted by Gasteiger charge is -2.25. The van der Waals surface area contributed by atoms with Gasteiger partial charge in [-0.15, -0.1) is 0 Å². The van der Waals surface area contributed by atoms with Gasteiger partial charge in [0.2, 0.25) is 5.91 Å². The molecule has 0 unspecified atom stereocenters. The number of carbonyl (C=O) groups excluding carboxylic acids is 1. The monoisotopic (exact) mass is 255 g/mol. The Bertz CT molecular complexity index is 395. The molecule has 0 heterocycles. The summed E-state index contributed by atoms with van der Waals surface area (Å²) in [4.78, 5) is 12.9. The third-order valence-electron chi connectivity index (χ3n) is 2.52. The number of rotatable bonds is 6. The maximum atomic E-state index is 11.0. The van der Waals surface area contributed by atoms with Crippen molar-refractivity contribution in [3.05, 3.63) is 28.8 Å². The third-order valence-corrected chi connectivity index (χ3v) is 2.87. The van der Waals surface area contributed by atoms with E-state index in [0.717, 1.165) is 11.3 Å². The van der Waals surface area contributed by atoms with Crippen molar-refractivity contribution >= 4 is 23.2 Å². The van der Waals surface area contributed by atoms with E-state index in [9.17, 15) is 4.79 Å².